The summed E-state index contributed by atoms with van der Waals surface area (Å²) in [5.41, 5.74) is 1.33. The van der Waals surface area contributed by atoms with Crippen LogP contribution in [0.15, 0.2) is 43.0 Å². The van der Waals surface area contributed by atoms with Crippen molar-refractivity contribution in [2.24, 2.45) is 5.92 Å². The number of benzene rings is 1. The lowest BCUT2D eigenvalue weighted by atomic mass is 9.83. The minimum Gasteiger partial charge on any atom is -0.445 e. The van der Waals surface area contributed by atoms with Gasteiger partial charge in [-0.25, -0.2) is 4.79 Å². The van der Waals surface area contributed by atoms with E-state index in [0.717, 1.165) is 52.0 Å². The second kappa shape index (κ2) is 9.20. The van der Waals surface area contributed by atoms with Crippen LogP contribution in [-0.4, -0.2) is 66.8 Å². The van der Waals surface area contributed by atoms with Gasteiger partial charge in [-0.2, -0.15) is 5.26 Å². The zero-order valence-electron chi connectivity index (χ0n) is 17.6. The number of ether oxygens (including phenoxy) is 1. The van der Waals surface area contributed by atoms with E-state index in [1.807, 2.05) is 11.0 Å². The van der Waals surface area contributed by atoms with E-state index in [2.05, 4.69) is 47.1 Å². The predicted molar refractivity (Wildman–Crippen MR) is 116 cm³/mol. The summed E-state index contributed by atoms with van der Waals surface area (Å²) < 4.78 is 5.43. The van der Waals surface area contributed by atoms with Crippen molar-refractivity contribution in [3.05, 3.63) is 48.6 Å². The Hall–Kier alpha value is -2.36. The molecule has 1 aliphatic carbocycles. The quantitative estimate of drug-likeness (QED) is 0.670. The summed E-state index contributed by atoms with van der Waals surface area (Å²) in [5.74, 6) is 0.879. The molecule has 2 saturated heterocycles. The van der Waals surface area contributed by atoms with Crippen molar-refractivity contribution < 1.29 is 9.53 Å². The van der Waals surface area contributed by atoms with Crippen molar-refractivity contribution in [3.8, 4) is 6.07 Å². The number of amides is 1. The Bertz CT molecular complexity index is 778. The van der Waals surface area contributed by atoms with E-state index in [1.54, 1.807) is 6.08 Å². The average molecular weight is 409 g/mol. The fourth-order valence-electron chi connectivity index (χ4n) is 5.03. The molecule has 2 heterocycles. The van der Waals surface area contributed by atoms with Crippen LogP contribution in [-0.2, 0) is 4.74 Å². The summed E-state index contributed by atoms with van der Waals surface area (Å²) in [7, 11) is 0. The summed E-state index contributed by atoms with van der Waals surface area (Å²) in [6, 6.07) is 13.1. The molecule has 0 radical (unpaired) electrons. The van der Waals surface area contributed by atoms with Crippen molar-refractivity contribution in [3.63, 3.8) is 0 Å². The zero-order valence-corrected chi connectivity index (χ0v) is 17.6. The van der Waals surface area contributed by atoms with Crippen molar-refractivity contribution >= 4 is 6.09 Å². The van der Waals surface area contributed by atoms with Crippen LogP contribution in [0.2, 0.25) is 0 Å². The maximum atomic E-state index is 12.8. The van der Waals surface area contributed by atoms with Crippen molar-refractivity contribution in [2.75, 3.05) is 39.3 Å². The van der Waals surface area contributed by atoms with Crippen LogP contribution in [0.5, 0.6) is 0 Å². The Kier molecular flexibility index (Phi) is 6.40. The van der Waals surface area contributed by atoms with Crippen LogP contribution >= 0.6 is 0 Å². The maximum absolute atomic E-state index is 12.8. The van der Waals surface area contributed by atoms with Crippen molar-refractivity contribution in [2.45, 2.75) is 43.2 Å². The van der Waals surface area contributed by atoms with Gasteiger partial charge in [0.05, 0.1) is 18.0 Å². The molecule has 6 heteroatoms. The molecule has 6 nitrogen and oxygen atoms in total. The Morgan fingerprint density at radius 1 is 1.33 bits per heavy atom. The fraction of sp³-hybridized carbons (Fsp3) is 0.583. The van der Waals surface area contributed by atoms with E-state index < -0.39 is 0 Å². The first kappa shape index (κ1) is 20.9. The standard InChI is InChI=1S/C24H32N4O2/c1-2-14-30-23(29)28(22-15-21(22)20-6-4-3-5-7-20)16-19-8-12-27(13-9-19)24(10-11-25)17-26-18-24/h2-7,19,21-22,26H,1,8-10,12-18H2/t21-,22+/m0/s1. The number of piperidine rings is 1. The van der Waals surface area contributed by atoms with Gasteiger partial charge in [0.1, 0.15) is 6.61 Å². The predicted octanol–water partition coefficient (Wildman–Crippen LogP) is 3.13. The number of likely N-dealkylation sites (tertiary alicyclic amines) is 1. The van der Waals surface area contributed by atoms with Crippen LogP contribution in [0.3, 0.4) is 0 Å². The van der Waals surface area contributed by atoms with Gasteiger partial charge >= 0.3 is 6.09 Å². The first-order valence-corrected chi connectivity index (χ1v) is 11.1. The number of hydrogen-bond donors (Lipinski definition) is 1. The molecule has 0 aromatic heterocycles. The third-order valence-electron chi connectivity index (χ3n) is 7.00. The molecule has 4 rings (SSSR count). The van der Waals surface area contributed by atoms with Crippen LogP contribution in [0.1, 0.15) is 37.2 Å². The molecule has 1 amide bonds. The molecular formula is C24H32N4O2. The van der Waals surface area contributed by atoms with Crippen LogP contribution < -0.4 is 5.32 Å². The van der Waals surface area contributed by atoms with Crippen LogP contribution in [0.25, 0.3) is 0 Å². The largest absolute Gasteiger partial charge is 0.445 e. The highest BCUT2D eigenvalue weighted by molar-refractivity contribution is 5.69. The lowest BCUT2D eigenvalue weighted by Crippen LogP contribution is -2.69. The molecule has 0 bridgehead atoms. The molecule has 1 aromatic carbocycles. The Morgan fingerprint density at radius 2 is 2.07 bits per heavy atom. The van der Waals surface area contributed by atoms with Gasteiger partial charge in [-0.1, -0.05) is 43.0 Å². The molecule has 1 N–H and O–H groups in total. The van der Waals surface area contributed by atoms with E-state index in [0.29, 0.717) is 18.3 Å². The molecule has 0 unspecified atom stereocenters. The van der Waals surface area contributed by atoms with E-state index in [1.165, 1.54) is 5.56 Å². The minimum absolute atomic E-state index is 0.0250. The Morgan fingerprint density at radius 3 is 2.67 bits per heavy atom. The van der Waals surface area contributed by atoms with Gasteiger partial charge in [-0.3, -0.25) is 4.90 Å². The number of carbonyl (C=O) groups excluding carboxylic acids is 1. The molecular weight excluding hydrogens is 376 g/mol. The van der Waals surface area contributed by atoms with Gasteiger partial charge < -0.3 is 15.0 Å². The minimum atomic E-state index is -0.218. The van der Waals surface area contributed by atoms with Gasteiger partial charge in [0.2, 0.25) is 0 Å². The summed E-state index contributed by atoms with van der Waals surface area (Å²) >= 11 is 0. The molecule has 2 atom stereocenters. The summed E-state index contributed by atoms with van der Waals surface area (Å²) in [5, 5.41) is 12.6. The third-order valence-corrected chi connectivity index (χ3v) is 7.00. The zero-order chi connectivity index (χ0) is 21.0. The van der Waals surface area contributed by atoms with Crippen LogP contribution in [0, 0.1) is 17.2 Å². The van der Waals surface area contributed by atoms with E-state index in [-0.39, 0.29) is 24.3 Å². The van der Waals surface area contributed by atoms with Crippen molar-refractivity contribution in [1.29, 1.82) is 5.26 Å². The number of carbonyl (C=O) groups is 1. The molecule has 0 spiro atoms. The van der Waals surface area contributed by atoms with E-state index >= 15 is 0 Å². The number of nitrogens with one attached hydrogen (secondary N) is 1. The lowest BCUT2D eigenvalue weighted by molar-refractivity contribution is 0.00757. The average Bonchev–Trinajstić information content (AvgIpc) is 3.54. The topological polar surface area (TPSA) is 68.6 Å². The first-order chi connectivity index (χ1) is 14.7. The summed E-state index contributed by atoms with van der Waals surface area (Å²) in [6.45, 7) is 8.47. The smallest absolute Gasteiger partial charge is 0.410 e. The van der Waals surface area contributed by atoms with Gasteiger partial charge in [0.15, 0.2) is 0 Å². The maximum Gasteiger partial charge on any atom is 0.410 e. The van der Waals surface area contributed by atoms with E-state index in [9.17, 15) is 10.1 Å². The molecule has 160 valence electrons. The van der Waals surface area contributed by atoms with Gasteiger partial charge in [-0.05, 0) is 43.8 Å². The number of hydrogen-bond acceptors (Lipinski definition) is 5. The van der Waals surface area contributed by atoms with Gasteiger partial charge in [0, 0.05) is 31.6 Å². The molecule has 1 saturated carbocycles. The van der Waals surface area contributed by atoms with Crippen LogP contribution in [0.4, 0.5) is 4.79 Å². The molecule has 30 heavy (non-hydrogen) atoms. The Labute approximate surface area is 179 Å². The summed E-state index contributed by atoms with van der Waals surface area (Å²) in [6.07, 6.45) is 5.11. The van der Waals surface area contributed by atoms with Gasteiger partial charge in [0.25, 0.3) is 0 Å². The molecule has 2 aliphatic heterocycles. The molecule has 3 aliphatic rings. The monoisotopic (exact) mass is 408 g/mol. The number of nitriles is 1. The fourth-order valence-corrected chi connectivity index (χ4v) is 5.03. The van der Waals surface area contributed by atoms with Crippen molar-refractivity contribution in [1.82, 2.24) is 15.1 Å². The third kappa shape index (κ3) is 4.38. The highest BCUT2D eigenvalue weighted by atomic mass is 16.6. The lowest BCUT2D eigenvalue weighted by Gasteiger charge is -2.52. The van der Waals surface area contributed by atoms with E-state index in [4.69, 9.17) is 4.74 Å². The number of rotatable bonds is 8. The number of nitrogens with zero attached hydrogens (tertiary/aromatic N) is 3. The second-order valence-electron chi connectivity index (χ2n) is 8.93. The SMILES string of the molecule is C=CCOC(=O)N(CC1CCN(C2(CC#N)CNC2)CC1)[C@@H]1C[C@H]1c1ccccc1. The van der Waals surface area contributed by atoms with Gasteiger partial charge in [-0.15, -0.1) is 0 Å². The highest BCUT2D eigenvalue weighted by Crippen LogP contribution is 2.45. The first-order valence-electron chi connectivity index (χ1n) is 11.1. The Balaban J connectivity index is 1.36. The second-order valence-corrected chi connectivity index (χ2v) is 8.93. The highest BCUT2D eigenvalue weighted by Gasteiger charge is 2.47. The summed E-state index contributed by atoms with van der Waals surface area (Å²) in [4.78, 5) is 17.3. The molecule has 1 aromatic rings. The molecule has 3 fully saturated rings. The normalized spacial score (nSPS) is 25.6.